The third kappa shape index (κ3) is 3.74. The highest BCUT2D eigenvalue weighted by Crippen LogP contribution is 2.18. The monoisotopic (exact) mass is 200 g/mol. The van der Waals surface area contributed by atoms with Gasteiger partial charge in [-0.3, -0.25) is 0 Å². The van der Waals surface area contributed by atoms with Crippen molar-refractivity contribution in [3.8, 4) is 0 Å². The van der Waals surface area contributed by atoms with E-state index >= 15 is 0 Å². The van der Waals surface area contributed by atoms with Gasteiger partial charge in [0.25, 0.3) is 0 Å². The van der Waals surface area contributed by atoms with Gasteiger partial charge in [-0.05, 0) is 25.2 Å². The number of amides is 1. The number of piperidine rings is 1. The number of nitrogens with zero attached hydrogens (tertiary/aromatic N) is 2. The van der Waals surface area contributed by atoms with E-state index in [2.05, 4.69) is 4.99 Å². The van der Waals surface area contributed by atoms with Crippen LogP contribution in [0.3, 0.4) is 0 Å². The van der Waals surface area contributed by atoms with Gasteiger partial charge in [-0.15, -0.1) is 0 Å². The Morgan fingerprint density at radius 3 is 2.64 bits per heavy atom. The molecule has 1 amide bonds. The van der Waals surface area contributed by atoms with E-state index in [1.807, 2.05) is 4.90 Å². The van der Waals surface area contributed by atoms with Crippen LogP contribution in [0.25, 0.3) is 0 Å². The summed E-state index contributed by atoms with van der Waals surface area (Å²) in [4.78, 5) is 15.3. The minimum absolute atomic E-state index is 0.244. The standard InChI is InChI=1S/C9H16N2O3/c12-6-3-8-1-4-11(5-2-8)7-10-9(13)14/h7-8,12H,1-6H2,(H,13,14). The zero-order valence-electron chi connectivity index (χ0n) is 8.09. The summed E-state index contributed by atoms with van der Waals surface area (Å²) in [7, 11) is 0. The van der Waals surface area contributed by atoms with E-state index in [4.69, 9.17) is 10.2 Å². The highest BCUT2D eigenvalue weighted by Gasteiger charge is 2.16. The summed E-state index contributed by atoms with van der Waals surface area (Å²) in [6, 6.07) is 0. The van der Waals surface area contributed by atoms with Gasteiger partial charge in [0.1, 0.15) is 0 Å². The molecule has 1 heterocycles. The molecule has 0 unspecified atom stereocenters. The molecule has 1 rings (SSSR count). The van der Waals surface area contributed by atoms with Gasteiger partial charge >= 0.3 is 6.09 Å². The summed E-state index contributed by atoms with van der Waals surface area (Å²) >= 11 is 0. The predicted octanol–water partition coefficient (Wildman–Crippen LogP) is 0.787. The second kappa shape index (κ2) is 5.59. The third-order valence-electron chi connectivity index (χ3n) is 2.52. The van der Waals surface area contributed by atoms with Gasteiger partial charge in [0.05, 0.1) is 6.34 Å². The molecule has 1 aliphatic rings. The lowest BCUT2D eigenvalue weighted by atomic mass is 9.94. The number of aliphatic imine (C=N–C) groups is 1. The Kier molecular flexibility index (Phi) is 4.39. The number of rotatable bonds is 3. The summed E-state index contributed by atoms with van der Waals surface area (Å²) in [5, 5.41) is 17.1. The Bertz CT molecular complexity index is 210. The van der Waals surface area contributed by atoms with Crippen LogP contribution in [0.15, 0.2) is 4.99 Å². The molecular weight excluding hydrogens is 184 g/mol. The van der Waals surface area contributed by atoms with Crippen LogP contribution in [0.4, 0.5) is 4.79 Å². The Morgan fingerprint density at radius 2 is 2.14 bits per heavy atom. The van der Waals surface area contributed by atoms with Crippen molar-refractivity contribution in [2.24, 2.45) is 10.9 Å². The molecule has 5 nitrogen and oxygen atoms in total. The topological polar surface area (TPSA) is 73.1 Å². The summed E-state index contributed by atoms with van der Waals surface area (Å²) in [6.07, 6.45) is 3.10. The van der Waals surface area contributed by atoms with E-state index in [-0.39, 0.29) is 6.61 Å². The molecule has 0 aromatic rings. The molecule has 1 saturated heterocycles. The maximum atomic E-state index is 10.2. The summed E-state index contributed by atoms with van der Waals surface area (Å²) < 4.78 is 0. The molecule has 2 N–H and O–H groups in total. The Morgan fingerprint density at radius 1 is 1.50 bits per heavy atom. The van der Waals surface area contributed by atoms with Crippen molar-refractivity contribution in [2.75, 3.05) is 19.7 Å². The first-order valence-corrected chi connectivity index (χ1v) is 4.84. The van der Waals surface area contributed by atoms with Crippen LogP contribution in [0.1, 0.15) is 19.3 Å². The Hall–Kier alpha value is -1.10. The van der Waals surface area contributed by atoms with E-state index in [1.165, 1.54) is 6.34 Å². The highest BCUT2D eigenvalue weighted by molar-refractivity contribution is 5.76. The lowest BCUT2D eigenvalue weighted by Crippen LogP contribution is -2.33. The van der Waals surface area contributed by atoms with Crippen molar-refractivity contribution in [2.45, 2.75) is 19.3 Å². The lowest BCUT2D eigenvalue weighted by Gasteiger charge is -2.29. The van der Waals surface area contributed by atoms with Crippen LogP contribution in [0.5, 0.6) is 0 Å². The molecule has 14 heavy (non-hydrogen) atoms. The quantitative estimate of drug-likeness (QED) is 0.521. The number of carbonyl (C=O) groups is 1. The van der Waals surface area contributed by atoms with Crippen molar-refractivity contribution in [1.29, 1.82) is 0 Å². The van der Waals surface area contributed by atoms with E-state index in [1.54, 1.807) is 0 Å². The van der Waals surface area contributed by atoms with Crippen LogP contribution in [-0.4, -0.2) is 47.2 Å². The summed E-state index contributed by atoms with van der Waals surface area (Å²) in [6.45, 7) is 1.91. The van der Waals surface area contributed by atoms with Crippen LogP contribution in [-0.2, 0) is 0 Å². The average molecular weight is 200 g/mol. The van der Waals surface area contributed by atoms with Crippen molar-refractivity contribution < 1.29 is 15.0 Å². The second-order valence-electron chi connectivity index (χ2n) is 3.52. The molecule has 0 bridgehead atoms. The van der Waals surface area contributed by atoms with Gasteiger partial charge in [0.2, 0.25) is 0 Å². The maximum absolute atomic E-state index is 10.2. The summed E-state index contributed by atoms with van der Waals surface area (Å²) in [5.41, 5.74) is 0. The first-order valence-electron chi connectivity index (χ1n) is 4.84. The van der Waals surface area contributed by atoms with E-state index < -0.39 is 6.09 Å². The largest absolute Gasteiger partial charge is 0.463 e. The molecule has 0 saturated carbocycles. The molecular formula is C9H16N2O3. The number of hydrogen-bond donors (Lipinski definition) is 2. The van der Waals surface area contributed by atoms with Crippen molar-refractivity contribution in [3.05, 3.63) is 0 Å². The molecule has 1 fully saturated rings. The van der Waals surface area contributed by atoms with Crippen LogP contribution in [0.2, 0.25) is 0 Å². The SMILES string of the molecule is O=C(O)N=CN1CCC(CCO)CC1. The molecule has 0 aromatic heterocycles. The fraction of sp³-hybridized carbons (Fsp3) is 0.778. The molecule has 0 aromatic carbocycles. The van der Waals surface area contributed by atoms with Gasteiger partial charge < -0.3 is 15.1 Å². The third-order valence-corrected chi connectivity index (χ3v) is 2.52. The van der Waals surface area contributed by atoms with Gasteiger partial charge in [-0.2, -0.15) is 4.99 Å². The van der Waals surface area contributed by atoms with Crippen LogP contribution >= 0.6 is 0 Å². The predicted molar refractivity (Wildman–Crippen MR) is 52.5 cm³/mol. The van der Waals surface area contributed by atoms with Gasteiger partial charge in [-0.25, -0.2) is 4.79 Å². The van der Waals surface area contributed by atoms with Gasteiger partial charge in [-0.1, -0.05) is 0 Å². The number of aliphatic hydroxyl groups excluding tert-OH is 1. The number of aliphatic hydroxyl groups is 1. The minimum Gasteiger partial charge on any atom is -0.463 e. The van der Waals surface area contributed by atoms with Crippen molar-refractivity contribution >= 4 is 12.4 Å². The molecule has 0 atom stereocenters. The molecule has 1 aliphatic heterocycles. The van der Waals surface area contributed by atoms with Crippen molar-refractivity contribution in [3.63, 3.8) is 0 Å². The lowest BCUT2D eigenvalue weighted by molar-refractivity contribution is 0.201. The zero-order chi connectivity index (χ0) is 10.4. The van der Waals surface area contributed by atoms with Crippen molar-refractivity contribution in [1.82, 2.24) is 4.90 Å². The molecule has 5 heteroatoms. The molecule has 80 valence electrons. The fourth-order valence-electron chi connectivity index (χ4n) is 1.67. The molecule has 0 radical (unpaired) electrons. The highest BCUT2D eigenvalue weighted by atomic mass is 16.4. The molecule has 0 aliphatic carbocycles. The van der Waals surface area contributed by atoms with Crippen LogP contribution < -0.4 is 0 Å². The first kappa shape index (κ1) is 11.0. The summed E-state index contributed by atoms with van der Waals surface area (Å²) in [5.74, 6) is 0.578. The first-order chi connectivity index (χ1) is 6.72. The number of likely N-dealkylation sites (tertiary alicyclic amines) is 1. The minimum atomic E-state index is -1.15. The van der Waals surface area contributed by atoms with E-state index in [0.717, 1.165) is 32.4 Å². The Balaban J connectivity index is 2.25. The number of carboxylic acid groups (broad SMARTS) is 1. The van der Waals surface area contributed by atoms with Gasteiger partial charge in [0.15, 0.2) is 0 Å². The maximum Gasteiger partial charge on any atom is 0.432 e. The van der Waals surface area contributed by atoms with Gasteiger partial charge in [0, 0.05) is 19.7 Å². The smallest absolute Gasteiger partial charge is 0.432 e. The normalized spacial score (nSPS) is 19.1. The van der Waals surface area contributed by atoms with Crippen LogP contribution in [0, 0.1) is 5.92 Å². The Labute approximate surface area is 83.1 Å². The molecule has 0 spiro atoms. The van der Waals surface area contributed by atoms with E-state index in [9.17, 15) is 4.79 Å². The fourth-order valence-corrected chi connectivity index (χ4v) is 1.67. The zero-order valence-corrected chi connectivity index (χ0v) is 8.09. The average Bonchev–Trinajstić information content (AvgIpc) is 2.17. The number of hydrogen-bond acceptors (Lipinski definition) is 2. The second-order valence-corrected chi connectivity index (χ2v) is 3.52. The van der Waals surface area contributed by atoms with E-state index in [0.29, 0.717) is 5.92 Å².